The minimum Gasteiger partial charge on any atom is -0.391 e. The minimum atomic E-state index is -0.821. The maximum atomic E-state index is 12.5. The van der Waals surface area contributed by atoms with E-state index in [1.54, 1.807) is 13.8 Å². The fraction of sp³-hybridized carbons (Fsp3) is 0.667. The van der Waals surface area contributed by atoms with Crippen LogP contribution in [0, 0.1) is 16.7 Å². The van der Waals surface area contributed by atoms with Crippen LogP contribution >= 0.6 is 0 Å². The molecule has 0 saturated heterocycles. The van der Waals surface area contributed by atoms with Gasteiger partial charge < -0.3 is 10.2 Å². The molecule has 3 atom stereocenters. The molecular formula is C15H20O3. The number of ketones is 1. The van der Waals surface area contributed by atoms with Crippen LogP contribution in [0.5, 0.6) is 0 Å². The molecule has 3 nitrogen and oxygen atoms in total. The molecule has 0 aliphatic heterocycles. The van der Waals surface area contributed by atoms with E-state index < -0.39 is 23.5 Å². The van der Waals surface area contributed by atoms with Crippen LogP contribution in [0.25, 0.3) is 0 Å². The predicted molar refractivity (Wildman–Crippen MR) is 67.8 cm³/mol. The molecule has 2 saturated carbocycles. The third-order valence-electron chi connectivity index (χ3n) is 5.43. The zero-order valence-electron chi connectivity index (χ0n) is 11.2. The summed E-state index contributed by atoms with van der Waals surface area (Å²) in [5.41, 5.74) is 1.55. The molecule has 0 amide bonds. The number of hydrogen-bond acceptors (Lipinski definition) is 3. The normalized spacial score (nSPS) is 40.4. The van der Waals surface area contributed by atoms with Crippen molar-refractivity contribution < 1.29 is 15.0 Å². The van der Waals surface area contributed by atoms with Gasteiger partial charge in [-0.1, -0.05) is 26.0 Å². The number of allylic oxidation sites excluding steroid dienone is 1. The Morgan fingerprint density at radius 1 is 1.28 bits per heavy atom. The van der Waals surface area contributed by atoms with Gasteiger partial charge in [0.2, 0.25) is 0 Å². The Balaban J connectivity index is 2.23. The van der Waals surface area contributed by atoms with Gasteiger partial charge in [0.1, 0.15) is 0 Å². The van der Waals surface area contributed by atoms with Crippen LogP contribution < -0.4 is 0 Å². The highest BCUT2D eigenvalue weighted by Gasteiger charge is 2.63. The van der Waals surface area contributed by atoms with Crippen LogP contribution in [0.4, 0.5) is 0 Å². The molecule has 3 aliphatic rings. The highest BCUT2D eigenvalue weighted by molar-refractivity contribution is 6.04. The Morgan fingerprint density at radius 3 is 2.33 bits per heavy atom. The Bertz CT molecular complexity index is 494. The van der Waals surface area contributed by atoms with Crippen LogP contribution in [0.15, 0.2) is 23.3 Å². The number of carbonyl (C=O) groups excluding carboxylic acids is 1. The van der Waals surface area contributed by atoms with Gasteiger partial charge >= 0.3 is 0 Å². The van der Waals surface area contributed by atoms with Crippen molar-refractivity contribution in [1.82, 2.24) is 0 Å². The van der Waals surface area contributed by atoms with Crippen LogP contribution in [0.3, 0.4) is 0 Å². The molecule has 1 spiro atoms. The van der Waals surface area contributed by atoms with Crippen molar-refractivity contribution in [2.75, 3.05) is 0 Å². The highest BCUT2D eigenvalue weighted by atomic mass is 16.3. The van der Waals surface area contributed by atoms with E-state index in [0.29, 0.717) is 5.57 Å². The summed E-state index contributed by atoms with van der Waals surface area (Å²) in [5, 5.41) is 20.8. The number of aliphatic hydroxyl groups is 2. The van der Waals surface area contributed by atoms with Crippen LogP contribution in [-0.2, 0) is 4.79 Å². The largest absolute Gasteiger partial charge is 0.391 e. The van der Waals surface area contributed by atoms with Crippen molar-refractivity contribution in [2.24, 2.45) is 16.7 Å². The number of aliphatic hydroxyl groups excluding tert-OH is 2. The monoisotopic (exact) mass is 248 g/mol. The molecule has 3 heteroatoms. The van der Waals surface area contributed by atoms with Gasteiger partial charge in [0.05, 0.1) is 17.6 Å². The van der Waals surface area contributed by atoms with Gasteiger partial charge in [-0.2, -0.15) is 0 Å². The first-order chi connectivity index (χ1) is 8.25. The lowest BCUT2D eigenvalue weighted by atomic mass is 9.71. The third kappa shape index (κ3) is 1.10. The van der Waals surface area contributed by atoms with Gasteiger partial charge in [0, 0.05) is 16.9 Å². The minimum absolute atomic E-state index is 0.00433. The quantitative estimate of drug-likeness (QED) is 0.640. The zero-order valence-corrected chi connectivity index (χ0v) is 11.2. The molecule has 0 heterocycles. The number of Topliss-reactive ketones (excluding diaryl/α,β-unsaturated/α-hetero) is 1. The van der Waals surface area contributed by atoms with Crippen molar-refractivity contribution in [3.63, 3.8) is 0 Å². The molecule has 0 aromatic carbocycles. The zero-order chi connectivity index (χ0) is 13.5. The molecule has 0 radical (unpaired) electrons. The Labute approximate surface area is 107 Å². The van der Waals surface area contributed by atoms with Gasteiger partial charge in [0.25, 0.3) is 0 Å². The van der Waals surface area contributed by atoms with Crippen molar-refractivity contribution >= 4 is 5.78 Å². The summed E-state index contributed by atoms with van der Waals surface area (Å²) in [4.78, 5) is 12.5. The van der Waals surface area contributed by atoms with E-state index in [9.17, 15) is 15.0 Å². The second-order valence-corrected chi connectivity index (χ2v) is 6.61. The molecule has 18 heavy (non-hydrogen) atoms. The molecule has 0 aromatic rings. The summed E-state index contributed by atoms with van der Waals surface area (Å²) >= 11 is 0. The molecule has 2 fully saturated rings. The van der Waals surface area contributed by atoms with Crippen molar-refractivity contribution in [2.45, 2.75) is 45.8 Å². The summed E-state index contributed by atoms with van der Waals surface area (Å²) in [6.07, 6.45) is 0.327. The molecular weight excluding hydrogens is 228 g/mol. The van der Waals surface area contributed by atoms with E-state index in [1.165, 1.54) is 0 Å². The van der Waals surface area contributed by atoms with Gasteiger partial charge in [-0.25, -0.2) is 0 Å². The summed E-state index contributed by atoms with van der Waals surface area (Å²) in [5.74, 6) is -0.485. The second kappa shape index (κ2) is 3.14. The topological polar surface area (TPSA) is 57.5 Å². The first-order valence-corrected chi connectivity index (χ1v) is 6.56. The molecule has 2 N–H and O–H groups in total. The van der Waals surface area contributed by atoms with E-state index in [2.05, 4.69) is 6.58 Å². The maximum absolute atomic E-state index is 12.5. The average molecular weight is 248 g/mol. The first-order valence-electron chi connectivity index (χ1n) is 6.56. The van der Waals surface area contributed by atoms with E-state index in [1.807, 2.05) is 6.92 Å². The lowest BCUT2D eigenvalue weighted by molar-refractivity contribution is -0.124. The van der Waals surface area contributed by atoms with E-state index in [-0.39, 0.29) is 11.2 Å². The van der Waals surface area contributed by atoms with E-state index >= 15 is 0 Å². The van der Waals surface area contributed by atoms with Crippen molar-refractivity contribution in [1.29, 1.82) is 0 Å². The molecule has 0 bridgehead atoms. The summed E-state index contributed by atoms with van der Waals surface area (Å²) in [6.45, 7) is 9.51. The van der Waals surface area contributed by atoms with E-state index in [4.69, 9.17) is 0 Å². The van der Waals surface area contributed by atoms with Gasteiger partial charge in [0.15, 0.2) is 5.78 Å². The second-order valence-electron chi connectivity index (χ2n) is 6.61. The Kier molecular flexibility index (Phi) is 2.12. The predicted octanol–water partition coefficient (Wildman–Crippen LogP) is 1.60. The van der Waals surface area contributed by atoms with E-state index in [0.717, 1.165) is 24.0 Å². The smallest absolute Gasteiger partial charge is 0.167 e. The maximum Gasteiger partial charge on any atom is 0.167 e. The summed E-state index contributed by atoms with van der Waals surface area (Å²) in [6, 6.07) is 0. The molecule has 3 rings (SSSR count). The molecule has 3 unspecified atom stereocenters. The molecule has 98 valence electrons. The third-order valence-corrected chi connectivity index (χ3v) is 5.43. The average Bonchev–Trinajstić information content (AvgIpc) is 3.08. The summed E-state index contributed by atoms with van der Waals surface area (Å²) in [7, 11) is 0. The first kappa shape index (κ1) is 12.1. The SMILES string of the molecule is C=C1C(O)C2C(=C(C)C13CC3)C(=O)C(C)(C)C2O. The fourth-order valence-corrected chi connectivity index (χ4v) is 3.81. The van der Waals surface area contributed by atoms with Crippen molar-refractivity contribution in [3.05, 3.63) is 23.3 Å². The van der Waals surface area contributed by atoms with Crippen LogP contribution in [0.2, 0.25) is 0 Å². The Morgan fingerprint density at radius 2 is 1.83 bits per heavy atom. The Hall–Kier alpha value is -0.930. The molecule has 0 aromatic heterocycles. The number of rotatable bonds is 0. The van der Waals surface area contributed by atoms with Gasteiger partial charge in [-0.3, -0.25) is 4.79 Å². The lowest BCUT2D eigenvalue weighted by Crippen LogP contribution is -2.40. The van der Waals surface area contributed by atoms with Crippen molar-refractivity contribution in [3.8, 4) is 0 Å². The fourth-order valence-electron chi connectivity index (χ4n) is 3.81. The summed E-state index contributed by atoms with van der Waals surface area (Å²) < 4.78 is 0. The standard InChI is InChI=1S/C15H20O3/c1-7-9-10(13(18)14(3,4)12(9)17)11(16)8(2)15(7)5-6-15/h10-11,13,16,18H,2,5-6H2,1,3-4H3. The number of hydrogen-bond donors (Lipinski definition) is 2. The van der Waals surface area contributed by atoms with Gasteiger partial charge in [-0.05, 0) is 25.3 Å². The van der Waals surface area contributed by atoms with Gasteiger partial charge in [-0.15, -0.1) is 0 Å². The number of carbonyl (C=O) groups is 1. The highest BCUT2D eigenvalue weighted by Crippen LogP contribution is 2.65. The molecule has 3 aliphatic carbocycles. The van der Waals surface area contributed by atoms with Crippen LogP contribution in [0.1, 0.15) is 33.6 Å². The number of fused-ring (bicyclic) bond motifs is 1. The lowest BCUT2D eigenvalue weighted by Gasteiger charge is -2.36. The van der Waals surface area contributed by atoms with Crippen LogP contribution in [-0.4, -0.2) is 28.2 Å².